The first kappa shape index (κ1) is 12.2. The Bertz CT molecular complexity index is 751. The van der Waals surface area contributed by atoms with Crippen LogP contribution in [0.2, 0.25) is 0 Å². The summed E-state index contributed by atoms with van der Waals surface area (Å²) in [7, 11) is 1.57. The normalized spacial score (nSPS) is 10.4. The highest BCUT2D eigenvalue weighted by Gasteiger charge is 2.12. The summed E-state index contributed by atoms with van der Waals surface area (Å²) in [5.41, 5.74) is 1.38. The minimum absolute atomic E-state index is 0.255. The standard InChI is InChI=1S/C15H12N2O3/c1-19-10-8-12-11(4-2-6-16-12)13(9-10)17-15(18)14-5-3-7-20-14/h2-9H,1H3,(H,17,18). The fourth-order valence-electron chi connectivity index (χ4n) is 1.97. The molecule has 0 aliphatic rings. The summed E-state index contributed by atoms with van der Waals surface area (Å²) in [5.74, 6) is 0.573. The lowest BCUT2D eigenvalue weighted by Crippen LogP contribution is -2.11. The molecule has 0 aliphatic heterocycles. The smallest absolute Gasteiger partial charge is 0.291 e. The maximum absolute atomic E-state index is 12.1. The van der Waals surface area contributed by atoms with Crippen LogP contribution in [0.4, 0.5) is 5.69 Å². The topological polar surface area (TPSA) is 64.4 Å². The maximum Gasteiger partial charge on any atom is 0.291 e. The molecule has 0 aliphatic carbocycles. The van der Waals surface area contributed by atoms with Crippen molar-refractivity contribution in [1.29, 1.82) is 0 Å². The monoisotopic (exact) mass is 268 g/mol. The van der Waals surface area contributed by atoms with Crippen LogP contribution in [0.15, 0.2) is 53.3 Å². The van der Waals surface area contributed by atoms with Crippen molar-refractivity contribution in [3.63, 3.8) is 0 Å². The van der Waals surface area contributed by atoms with E-state index in [-0.39, 0.29) is 11.7 Å². The number of furan rings is 1. The highest BCUT2D eigenvalue weighted by atomic mass is 16.5. The molecule has 0 fully saturated rings. The van der Waals surface area contributed by atoms with Gasteiger partial charge >= 0.3 is 0 Å². The highest BCUT2D eigenvalue weighted by molar-refractivity contribution is 6.07. The first-order chi connectivity index (χ1) is 9.78. The van der Waals surface area contributed by atoms with Gasteiger partial charge < -0.3 is 14.5 Å². The van der Waals surface area contributed by atoms with Crippen molar-refractivity contribution in [3.05, 3.63) is 54.6 Å². The zero-order chi connectivity index (χ0) is 13.9. The van der Waals surface area contributed by atoms with Gasteiger partial charge in [-0.05, 0) is 24.3 Å². The lowest BCUT2D eigenvalue weighted by atomic mass is 10.1. The van der Waals surface area contributed by atoms with Gasteiger partial charge in [-0.2, -0.15) is 0 Å². The van der Waals surface area contributed by atoms with Crippen LogP contribution in [0.3, 0.4) is 0 Å². The second-order valence-electron chi connectivity index (χ2n) is 4.18. The van der Waals surface area contributed by atoms with Crippen LogP contribution in [0.25, 0.3) is 10.9 Å². The fourth-order valence-corrected chi connectivity index (χ4v) is 1.97. The number of fused-ring (bicyclic) bond motifs is 1. The van der Waals surface area contributed by atoms with E-state index in [1.807, 2.05) is 18.2 Å². The summed E-state index contributed by atoms with van der Waals surface area (Å²) in [6.07, 6.45) is 3.15. The van der Waals surface area contributed by atoms with E-state index in [9.17, 15) is 4.79 Å². The predicted octanol–water partition coefficient (Wildman–Crippen LogP) is 3.09. The average molecular weight is 268 g/mol. The maximum atomic E-state index is 12.1. The summed E-state index contributed by atoms with van der Waals surface area (Å²) in [6, 6.07) is 10.6. The van der Waals surface area contributed by atoms with Gasteiger partial charge in [-0.3, -0.25) is 9.78 Å². The summed E-state index contributed by atoms with van der Waals surface area (Å²) < 4.78 is 10.3. The molecule has 0 saturated heterocycles. The van der Waals surface area contributed by atoms with Crippen LogP contribution in [0.5, 0.6) is 5.75 Å². The van der Waals surface area contributed by atoms with Crippen LogP contribution in [-0.4, -0.2) is 18.0 Å². The molecule has 0 saturated carbocycles. The molecule has 0 bridgehead atoms. The van der Waals surface area contributed by atoms with E-state index in [1.165, 1.54) is 6.26 Å². The van der Waals surface area contributed by atoms with Crippen LogP contribution in [0, 0.1) is 0 Å². The molecule has 20 heavy (non-hydrogen) atoms. The Labute approximate surface area is 115 Å². The van der Waals surface area contributed by atoms with Crippen LogP contribution >= 0.6 is 0 Å². The molecule has 3 rings (SSSR count). The van der Waals surface area contributed by atoms with Gasteiger partial charge in [0.05, 0.1) is 24.6 Å². The van der Waals surface area contributed by atoms with E-state index in [0.717, 1.165) is 10.9 Å². The zero-order valence-electron chi connectivity index (χ0n) is 10.8. The molecule has 1 aromatic carbocycles. The third-order valence-electron chi connectivity index (χ3n) is 2.92. The van der Waals surface area contributed by atoms with E-state index in [1.54, 1.807) is 31.5 Å². The number of ether oxygens (including phenoxy) is 1. The second kappa shape index (κ2) is 5.05. The largest absolute Gasteiger partial charge is 0.497 e. The number of hydrogen-bond acceptors (Lipinski definition) is 4. The Kier molecular flexibility index (Phi) is 3.09. The molecule has 5 nitrogen and oxygen atoms in total. The Balaban J connectivity index is 2.03. The average Bonchev–Trinajstić information content (AvgIpc) is 3.01. The van der Waals surface area contributed by atoms with E-state index >= 15 is 0 Å². The Morgan fingerprint density at radius 1 is 1.30 bits per heavy atom. The Morgan fingerprint density at radius 3 is 2.95 bits per heavy atom. The number of aromatic nitrogens is 1. The zero-order valence-corrected chi connectivity index (χ0v) is 10.8. The number of benzene rings is 1. The number of anilines is 1. The number of methoxy groups -OCH3 is 1. The van der Waals surface area contributed by atoms with Crippen molar-refractivity contribution in [2.24, 2.45) is 0 Å². The third kappa shape index (κ3) is 2.21. The van der Waals surface area contributed by atoms with E-state index in [2.05, 4.69) is 10.3 Å². The third-order valence-corrected chi connectivity index (χ3v) is 2.92. The van der Waals surface area contributed by atoms with Gasteiger partial charge in [0.25, 0.3) is 5.91 Å². The first-order valence-electron chi connectivity index (χ1n) is 6.05. The minimum atomic E-state index is -0.312. The molecule has 2 aromatic heterocycles. The molecule has 0 radical (unpaired) electrons. The number of hydrogen-bond donors (Lipinski definition) is 1. The summed E-state index contributed by atoms with van der Waals surface area (Å²) >= 11 is 0. The van der Waals surface area contributed by atoms with Gasteiger partial charge in [-0.25, -0.2) is 0 Å². The van der Waals surface area contributed by atoms with Crippen molar-refractivity contribution in [3.8, 4) is 5.75 Å². The SMILES string of the molecule is COc1cc(NC(=O)c2ccco2)c2cccnc2c1. The number of pyridine rings is 1. The van der Waals surface area contributed by atoms with Crippen molar-refractivity contribution in [2.75, 3.05) is 12.4 Å². The van der Waals surface area contributed by atoms with E-state index in [4.69, 9.17) is 9.15 Å². The van der Waals surface area contributed by atoms with Crippen LogP contribution < -0.4 is 10.1 Å². The van der Waals surface area contributed by atoms with Gasteiger partial charge in [-0.1, -0.05) is 0 Å². The molecule has 0 atom stereocenters. The molecule has 100 valence electrons. The second-order valence-corrected chi connectivity index (χ2v) is 4.18. The van der Waals surface area contributed by atoms with Gasteiger partial charge in [0.2, 0.25) is 0 Å². The summed E-state index contributed by atoms with van der Waals surface area (Å²) in [6.45, 7) is 0. The lowest BCUT2D eigenvalue weighted by Gasteiger charge is -2.09. The molecular formula is C15H12N2O3. The molecule has 1 N–H and O–H groups in total. The molecule has 0 unspecified atom stereocenters. The Hall–Kier alpha value is -2.82. The quantitative estimate of drug-likeness (QED) is 0.792. The fraction of sp³-hybridized carbons (Fsp3) is 0.0667. The van der Waals surface area contributed by atoms with Gasteiger partial charge in [0.15, 0.2) is 5.76 Å². The molecule has 0 spiro atoms. The number of amides is 1. The van der Waals surface area contributed by atoms with E-state index < -0.39 is 0 Å². The lowest BCUT2D eigenvalue weighted by molar-refractivity contribution is 0.0997. The molecular weight excluding hydrogens is 256 g/mol. The first-order valence-corrected chi connectivity index (χ1v) is 6.05. The number of nitrogens with zero attached hydrogens (tertiary/aromatic N) is 1. The van der Waals surface area contributed by atoms with Crippen molar-refractivity contribution in [1.82, 2.24) is 4.98 Å². The summed E-state index contributed by atoms with van der Waals surface area (Å²) in [5, 5.41) is 3.65. The van der Waals surface area contributed by atoms with Gasteiger partial charge in [0.1, 0.15) is 5.75 Å². The number of carbonyl (C=O) groups is 1. The molecule has 5 heteroatoms. The van der Waals surface area contributed by atoms with Gasteiger partial charge in [0, 0.05) is 23.7 Å². The molecule has 1 amide bonds. The summed E-state index contributed by atoms with van der Waals surface area (Å²) in [4.78, 5) is 16.3. The Morgan fingerprint density at radius 2 is 2.20 bits per heavy atom. The van der Waals surface area contributed by atoms with Crippen LogP contribution in [0.1, 0.15) is 10.6 Å². The number of carbonyl (C=O) groups excluding carboxylic acids is 1. The van der Waals surface area contributed by atoms with E-state index in [0.29, 0.717) is 11.4 Å². The molecule has 2 heterocycles. The van der Waals surface area contributed by atoms with Gasteiger partial charge in [-0.15, -0.1) is 0 Å². The van der Waals surface area contributed by atoms with Crippen molar-refractivity contribution in [2.45, 2.75) is 0 Å². The van der Waals surface area contributed by atoms with Crippen LogP contribution in [-0.2, 0) is 0 Å². The number of nitrogens with one attached hydrogen (secondary N) is 1. The number of rotatable bonds is 3. The predicted molar refractivity (Wildman–Crippen MR) is 75.0 cm³/mol. The molecule has 3 aromatic rings. The van der Waals surface area contributed by atoms with Crippen molar-refractivity contribution >= 4 is 22.5 Å². The van der Waals surface area contributed by atoms with Crippen molar-refractivity contribution < 1.29 is 13.9 Å². The highest BCUT2D eigenvalue weighted by Crippen LogP contribution is 2.28. The minimum Gasteiger partial charge on any atom is -0.497 e.